The standard InChI is InChI=1S/C18H23N3/c1-14-11-15(2)13-17(12-14)21(19)10-9-18(20-3)16-7-5-4-6-8-16/h4-9,11-13,20H,10,19H2,1-3H3/b18-9+. The van der Waals surface area contributed by atoms with E-state index < -0.39 is 0 Å². The van der Waals surface area contributed by atoms with E-state index in [4.69, 9.17) is 5.84 Å². The number of benzene rings is 2. The Morgan fingerprint density at radius 1 is 1.10 bits per heavy atom. The molecule has 0 saturated carbocycles. The molecule has 0 radical (unpaired) electrons. The zero-order valence-electron chi connectivity index (χ0n) is 12.9. The normalized spacial score (nSPS) is 11.3. The second-order valence-corrected chi connectivity index (χ2v) is 5.23. The molecule has 0 aliphatic carbocycles. The van der Waals surface area contributed by atoms with Gasteiger partial charge in [-0.2, -0.15) is 0 Å². The summed E-state index contributed by atoms with van der Waals surface area (Å²) in [7, 11) is 1.93. The number of rotatable bonds is 5. The first-order chi connectivity index (χ1) is 10.1. The summed E-state index contributed by atoms with van der Waals surface area (Å²) in [4.78, 5) is 0. The summed E-state index contributed by atoms with van der Waals surface area (Å²) in [5, 5.41) is 4.99. The maximum atomic E-state index is 6.17. The van der Waals surface area contributed by atoms with Crippen molar-refractivity contribution in [1.82, 2.24) is 5.32 Å². The fourth-order valence-corrected chi connectivity index (χ4v) is 2.39. The molecular weight excluding hydrogens is 258 g/mol. The molecule has 3 heteroatoms. The van der Waals surface area contributed by atoms with Gasteiger partial charge in [-0.25, -0.2) is 5.84 Å². The van der Waals surface area contributed by atoms with Gasteiger partial charge in [0.25, 0.3) is 0 Å². The molecule has 0 spiro atoms. The average molecular weight is 281 g/mol. The second-order valence-electron chi connectivity index (χ2n) is 5.23. The third-order valence-corrected chi connectivity index (χ3v) is 3.38. The molecule has 2 aromatic carbocycles. The van der Waals surface area contributed by atoms with Gasteiger partial charge in [-0.05, 0) is 48.7 Å². The Morgan fingerprint density at radius 2 is 1.71 bits per heavy atom. The van der Waals surface area contributed by atoms with Crippen molar-refractivity contribution in [2.45, 2.75) is 13.8 Å². The third kappa shape index (κ3) is 4.10. The van der Waals surface area contributed by atoms with Gasteiger partial charge in [0.1, 0.15) is 0 Å². The smallest absolute Gasteiger partial charge is 0.0546 e. The van der Waals surface area contributed by atoms with E-state index in [0.29, 0.717) is 6.54 Å². The van der Waals surface area contributed by atoms with Crippen molar-refractivity contribution in [3.63, 3.8) is 0 Å². The van der Waals surface area contributed by atoms with E-state index in [2.05, 4.69) is 55.6 Å². The molecular formula is C18H23N3. The van der Waals surface area contributed by atoms with Crippen molar-refractivity contribution >= 4 is 11.4 Å². The predicted molar refractivity (Wildman–Crippen MR) is 90.9 cm³/mol. The Labute approximate surface area is 127 Å². The summed E-state index contributed by atoms with van der Waals surface area (Å²) in [5.41, 5.74) is 5.72. The SMILES string of the molecule is CN/C(=C/CN(N)c1cc(C)cc(C)c1)c1ccccc1. The van der Waals surface area contributed by atoms with E-state index in [1.54, 1.807) is 5.01 Å². The predicted octanol–water partition coefficient (Wildman–Crippen LogP) is 3.24. The van der Waals surface area contributed by atoms with Crippen LogP contribution in [0.4, 0.5) is 5.69 Å². The minimum Gasteiger partial charge on any atom is -0.388 e. The van der Waals surface area contributed by atoms with Crippen LogP contribution < -0.4 is 16.2 Å². The van der Waals surface area contributed by atoms with Gasteiger partial charge in [0.05, 0.1) is 12.2 Å². The highest BCUT2D eigenvalue weighted by molar-refractivity contribution is 5.64. The molecule has 2 aromatic rings. The molecule has 0 unspecified atom stereocenters. The van der Waals surface area contributed by atoms with Crippen LogP contribution in [0.15, 0.2) is 54.6 Å². The van der Waals surface area contributed by atoms with Gasteiger partial charge in [0, 0.05) is 12.7 Å². The fourth-order valence-electron chi connectivity index (χ4n) is 2.39. The number of nitrogens with zero attached hydrogens (tertiary/aromatic N) is 1. The van der Waals surface area contributed by atoms with Crippen LogP contribution in [0.25, 0.3) is 5.70 Å². The zero-order chi connectivity index (χ0) is 15.2. The molecule has 0 aliphatic rings. The van der Waals surface area contributed by atoms with Crippen LogP contribution in [0.2, 0.25) is 0 Å². The summed E-state index contributed by atoms with van der Waals surface area (Å²) in [6.07, 6.45) is 2.10. The monoisotopic (exact) mass is 281 g/mol. The topological polar surface area (TPSA) is 41.3 Å². The van der Waals surface area contributed by atoms with Crippen LogP contribution in [0.5, 0.6) is 0 Å². The van der Waals surface area contributed by atoms with Crippen molar-refractivity contribution in [2.24, 2.45) is 5.84 Å². The van der Waals surface area contributed by atoms with Gasteiger partial charge in [-0.3, -0.25) is 0 Å². The van der Waals surface area contributed by atoms with Gasteiger partial charge in [-0.1, -0.05) is 36.4 Å². The van der Waals surface area contributed by atoms with E-state index in [-0.39, 0.29) is 0 Å². The molecule has 0 heterocycles. The van der Waals surface area contributed by atoms with Crippen LogP contribution in [0.1, 0.15) is 16.7 Å². The molecule has 0 bridgehead atoms. The first-order valence-corrected chi connectivity index (χ1v) is 7.14. The van der Waals surface area contributed by atoms with E-state index >= 15 is 0 Å². The Morgan fingerprint density at radius 3 is 2.29 bits per heavy atom. The Balaban J connectivity index is 2.14. The van der Waals surface area contributed by atoms with Crippen molar-refractivity contribution in [3.8, 4) is 0 Å². The molecule has 2 rings (SSSR count). The Bertz CT molecular complexity index is 597. The summed E-state index contributed by atoms with van der Waals surface area (Å²) in [6, 6.07) is 16.6. The van der Waals surface area contributed by atoms with Crippen molar-refractivity contribution < 1.29 is 0 Å². The van der Waals surface area contributed by atoms with E-state index in [0.717, 1.165) is 16.9 Å². The van der Waals surface area contributed by atoms with Crippen LogP contribution in [0.3, 0.4) is 0 Å². The first kappa shape index (κ1) is 15.1. The van der Waals surface area contributed by atoms with Crippen LogP contribution in [-0.4, -0.2) is 13.6 Å². The zero-order valence-corrected chi connectivity index (χ0v) is 12.9. The number of hydrogen-bond acceptors (Lipinski definition) is 3. The van der Waals surface area contributed by atoms with Crippen molar-refractivity contribution in [3.05, 3.63) is 71.3 Å². The van der Waals surface area contributed by atoms with E-state index in [1.807, 2.05) is 25.2 Å². The molecule has 0 atom stereocenters. The highest BCUT2D eigenvalue weighted by atomic mass is 15.4. The largest absolute Gasteiger partial charge is 0.388 e. The maximum absolute atomic E-state index is 6.17. The van der Waals surface area contributed by atoms with E-state index in [9.17, 15) is 0 Å². The highest BCUT2D eigenvalue weighted by Gasteiger charge is 2.03. The molecule has 0 aliphatic heterocycles. The van der Waals surface area contributed by atoms with Crippen LogP contribution in [-0.2, 0) is 0 Å². The summed E-state index contributed by atoms with van der Waals surface area (Å²) >= 11 is 0. The molecule has 0 aromatic heterocycles. The molecule has 3 N–H and O–H groups in total. The lowest BCUT2D eigenvalue weighted by Crippen LogP contribution is -2.31. The lowest BCUT2D eigenvalue weighted by Gasteiger charge is -2.19. The Kier molecular flexibility index (Phi) is 5.01. The number of nitrogens with two attached hydrogens (primary N) is 1. The third-order valence-electron chi connectivity index (χ3n) is 3.38. The molecule has 0 fully saturated rings. The highest BCUT2D eigenvalue weighted by Crippen LogP contribution is 2.17. The Hall–Kier alpha value is -2.26. The summed E-state index contributed by atoms with van der Waals surface area (Å²) in [5.74, 6) is 6.17. The summed E-state index contributed by atoms with van der Waals surface area (Å²) < 4.78 is 0. The number of aryl methyl sites for hydroxylation is 2. The van der Waals surface area contributed by atoms with Crippen LogP contribution >= 0.6 is 0 Å². The molecule has 0 amide bonds. The van der Waals surface area contributed by atoms with Crippen molar-refractivity contribution in [2.75, 3.05) is 18.6 Å². The summed E-state index contributed by atoms with van der Waals surface area (Å²) in [6.45, 7) is 4.82. The van der Waals surface area contributed by atoms with Crippen LogP contribution in [0, 0.1) is 13.8 Å². The van der Waals surface area contributed by atoms with Gasteiger partial charge >= 0.3 is 0 Å². The number of nitrogens with one attached hydrogen (secondary N) is 1. The lowest BCUT2D eigenvalue weighted by molar-refractivity contribution is 0.932. The van der Waals surface area contributed by atoms with Crippen molar-refractivity contribution in [1.29, 1.82) is 0 Å². The minimum absolute atomic E-state index is 0.647. The van der Waals surface area contributed by atoms with E-state index in [1.165, 1.54) is 11.1 Å². The molecule has 21 heavy (non-hydrogen) atoms. The van der Waals surface area contributed by atoms with Gasteiger partial charge < -0.3 is 10.3 Å². The van der Waals surface area contributed by atoms with Gasteiger partial charge in [0.2, 0.25) is 0 Å². The maximum Gasteiger partial charge on any atom is 0.0546 e. The second kappa shape index (κ2) is 6.95. The minimum atomic E-state index is 0.647. The van der Waals surface area contributed by atoms with Gasteiger partial charge in [0.15, 0.2) is 0 Å². The number of anilines is 1. The number of hydrazine groups is 1. The number of hydrogen-bond donors (Lipinski definition) is 2. The molecule has 0 saturated heterocycles. The average Bonchev–Trinajstić information content (AvgIpc) is 2.47. The molecule has 110 valence electrons. The lowest BCUT2D eigenvalue weighted by atomic mass is 10.1. The first-order valence-electron chi connectivity index (χ1n) is 7.14. The fraction of sp³-hybridized carbons (Fsp3) is 0.222. The molecule has 3 nitrogen and oxygen atoms in total. The van der Waals surface area contributed by atoms with Gasteiger partial charge in [-0.15, -0.1) is 0 Å². The quantitative estimate of drug-likeness (QED) is 0.653.